The lowest BCUT2D eigenvalue weighted by molar-refractivity contribution is -0.139. The second-order valence-corrected chi connectivity index (χ2v) is 6.72. The summed E-state index contributed by atoms with van der Waals surface area (Å²) in [4.78, 5) is 52.1. The van der Waals surface area contributed by atoms with E-state index >= 15 is 0 Å². The molecular weight excluding hydrogens is 336 g/mol. The number of ether oxygens (including phenoxy) is 1. The molecule has 0 bridgehead atoms. The van der Waals surface area contributed by atoms with Crippen LogP contribution in [-0.2, 0) is 14.3 Å². The number of amides is 4. The van der Waals surface area contributed by atoms with Gasteiger partial charge in [0.05, 0.1) is 10.7 Å². The summed E-state index contributed by atoms with van der Waals surface area (Å²) in [7, 11) is 0. The van der Waals surface area contributed by atoms with E-state index in [9.17, 15) is 19.2 Å². The van der Waals surface area contributed by atoms with E-state index in [-0.39, 0.29) is 0 Å². The van der Waals surface area contributed by atoms with Crippen molar-refractivity contribution in [2.75, 3.05) is 6.61 Å². The fourth-order valence-corrected chi connectivity index (χ4v) is 2.91. The summed E-state index contributed by atoms with van der Waals surface area (Å²) in [6.07, 6.45) is 0.378. The third kappa shape index (κ3) is 3.37. The van der Waals surface area contributed by atoms with Crippen molar-refractivity contribution in [1.82, 2.24) is 20.7 Å². The molecule has 1 aliphatic rings. The Kier molecular flexibility index (Phi) is 4.88. The number of thiazole rings is 1. The van der Waals surface area contributed by atoms with Gasteiger partial charge in [0.1, 0.15) is 10.4 Å². The molecule has 2 heterocycles. The number of hydrazine groups is 1. The molecule has 2 N–H and O–H groups in total. The molecule has 1 aliphatic heterocycles. The Bertz CT molecular complexity index is 716. The lowest BCUT2D eigenvalue weighted by Gasteiger charge is -2.19. The van der Waals surface area contributed by atoms with E-state index in [0.717, 1.165) is 11.3 Å². The van der Waals surface area contributed by atoms with Crippen LogP contribution in [-0.4, -0.2) is 46.0 Å². The van der Waals surface area contributed by atoms with Gasteiger partial charge in [-0.05, 0) is 27.2 Å². The number of urea groups is 1. The summed E-state index contributed by atoms with van der Waals surface area (Å²) in [6.45, 7) is 6.11. The zero-order valence-electron chi connectivity index (χ0n) is 13.8. The Balaban J connectivity index is 1.92. The largest absolute Gasteiger partial charge is 0.451 e. The summed E-state index contributed by atoms with van der Waals surface area (Å²) in [5, 5.41) is 3.80. The van der Waals surface area contributed by atoms with Gasteiger partial charge in [0.25, 0.3) is 11.8 Å². The maximum atomic E-state index is 12.1. The van der Waals surface area contributed by atoms with Gasteiger partial charge in [-0.15, -0.1) is 11.3 Å². The van der Waals surface area contributed by atoms with Crippen LogP contribution < -0.4 is 10.7 Å². The number of esters is 1. The number of rotatable bonds is 5. The quantitative estimate of drug-likeness (QED) is 0.593. The maximum absolute atomic E-state index is 12.1. The van der Waals surface area contributed by atoms with Crippen LogP contribution in [0, 0.1) is 13.8 Å². The molecule has 10 heteroatoms. The van der Waals surface area contributed by atoms with Crippen LogP contribution >= 0.6 is 11.3 Å². The van der Waals surface area contributed by atoms with Crippen molar-refractivity contribution >= 4 is 35.2 Å². The zero-order valence-corrected chi connectivity index (χ0v) is 14.6. The zero-order chi connectivity index (χ0) is 18.1. The smallest absolute Gasteiger partial charge is 0.350 e. The number of hydrogen-bond donors (Lipinski definition) is 2. The molecule has 130 valence electrons. The van der Waals surface area contributed by atoms with Gasteiger partial charge in [-0.3, -0.25) is 15.0 Å². The molecular formula is C14H18N4O5S. The number of nitrogens with one attached hydrogen (secondary N) is 2. The normalized spacial score (nSPS) is 20.1. The Morgan fingerprint density at radius 1 is 1.38 bits per heavy atom. The molecule has 0 aliphatic carbocycles. The Morgan fingerprint density at radius 2 is 2.04 bits per heavy atom. The van der Waals surface area contributed by atoms with E-state index in [4.69, 9.17) is 4.74 Å². The highest BCUT2D eigenvalue weighted by molar-refractivity contribution is 7.13. The van der Waals surface area contributed by atoms with E-state index < -0.39 is 36.0 Å². The minimum absolute atomic E-state index is 0.314. The number of aryl methyl sites for hydroxylation is 2. The minimum Gasteiger partial charge on any atom is -0.451 e. The Morgan fingerprint density at radius 3 is 2.54 bits per heavy atom. The third-order valence-corrected chi connectivity index (χ3v) is 4.68. The van der Waals surface area contributed by atoms with Crippen LogP contribution in [0.15, 0.2) is 0 Å². The molecule has 0 spiro atoms. The first-order valence-corrected chi connectivity index (χ1v) is 8.07. The van der Waals surface area contributed by atoms with Crippen molar-refractivity contribution in [3.05, 3.63) is 15.6 Å². The van der Waals surface area contributed by atoms with Crippen molar-refractivity contribution in [3.8, 4) is 0 Å². The predicted octanol–water partition coefficient (Wildman–Crippen LogP) is 0.668. The van der Waals surface area contributed by atoms with Crippen molar-refractivity contribution in [3.63, 3.8) is 0 Å². The lowest BCUT2D eigenvalue weighted by atomic mass is 10.00. The molecule has 1 atom stereocenters. The summed E-state index contributed by atoms with van der Waals surface area (Å²) in [5.41, 5.74) is 1.60. The van der Waals surface area contributed by atoms with Crippen LogP contribution in [0.5, 0.6) is 0 Å². The summed E-state index contributed by atoms with van der Waals surface area (Å²) in [6, 6.07) is -0.724. The van der Waals surface area contributed by atoms with E-state index in [1.165, 1.54) is 0 Å². The van der Waals surface area contributed by atoms with Gasteiger partial charge in [0.2, 0.25) is 0 Å². The molecule has 0 saturated carbocycles. The third-order valence-electron chi connectivity index (χ3n) is 3.63. The first-order valence-electron chi connectivity index (χ1n) is 7.25. The predicted molar refractivity (Wildman–Crippen MR) is 84.1 cm³/mol. The first kappa shape index (κ1) is 17.9. The molecule has 0 aromatic carbocycles. The van der Waals surface area contributed by atoms with Crippen molar-refractivity contribution in [2.24, 2.45) is 0 Å². The topological polar surface area (TPSA) is 118 Å². The number of nitrogens with zero attached hydrogens (tertiary/aromatic N) is 2. The molecule has 1 aromatic heterocycles. The molecule has 1 saturated heterocycles. The van der Waals surface area contributed by atoms with Crippen LogP contribution in [0.3, 0.4) is 0 Å². The van der Waals surface area contributed by atoms with E-state index in [2.05, 4.69) is 15.7 Å². The fourth-order valence-electron chi connectivity index (χ4n) is 2.10. The number of carbonyl (C=O) groups is 4. The lowest BCUT2D eigenvalue weighted by Crippen LogP contribution is -2.49. The van der Waals surface area contributed by atoms with Crippen LogP contribution in [0.2, 0.25) is 0 Å². The van der Waals surface area contributed by atoms with Crippen LogP contribution in [0.4, 0.5) is 4.79 Å². The van der Waals surface area contributed by atoms with Gasteiger partial charge in [-0.25, -0.2) is 14.6 Å². The highest BCUT2D eigenvalue weighted by Gasteiger charge is 2.47. The second-order valence-electron chi connectivity index (χ2n) is 5.51. The molecule has 24 heavy (non-hydrogen) atoms. The Hall–Kier alpha value is -2.49. The molecule has 0 radical (unpaired) electrons. The van der Waals surface area contributed by atoms with Gasteiger partial charge in [-0.1, -0.05) is 6.92 Å². The Labute approximate surface area is 142 Å². The van der Waals surface area contributed by atoms with Gasteiger partial charge < -0.3 is 10.1 Å². The van der Waals surface area contributed by atoms with E-state index in [1.807, 2.05) is 0 Å². The van der Waals surface area contributed by atoms with Crippen molar-refractivity contribution < 1.29 is 23.9 Å². The summed E-state index contributed by atoms with van der Waals surface area (Å²) < 4.78 is 4.89. The van der Waals surface area contributed by atoms with Crippen molar-refractivity contribution in [1.29, 1.82) is 0 Å². The first-order chi connectivity index (χ1) is 11.2. The molecule has 1 aromatic rings. The number of hydrogen-bond acceptors (Lipinski definition) is 7. The maximum Gasteiger partial charge on any atom is 0.350 e. The summed E-state index contributed by atoms with van der Waals surface area (Å²) >= 11 is 1.16. The second kappa shape index (κ2) is 6.56. The van der Waals surface area contributed by atoms with Gasteiger partial charge >= 0.3 is 12.0 Å². The van der Waals surface area contributed by atoms with Crippen molar-refractivity contribution in [2.45, 2.75) is 39.7 Å². The average molecular weight is 354 g/mol. The molecule has 9 nitrogen and oxygen atoms in total. The van der Waals surface area contributed by atoms with E-state index in [1.54, 1.807) is 27.7 Å². The van der Waals surface area contributed by atoms with Crippen LogP contribution in [0.25, 0.3) is 0 Å². The number of carbonyl (C=O) groups excluding carboxylic acids is 4. The standard InChI is InChI=1S/C14H18N4O5S/c1-5-14(4)12(21)18(13(22)16-14)17-9(19)6-23-11(20)10-7(2)15-8(3)24-10/h5-6H2,1-4H3,(H,16,22)(H,17,19). The average Bonchev–Trinajstić information content (AvgIpc) is 2.96. The minimum atomic E-state index is -1.06. The number of imide groups is 1. The molecule has 1 fully saturated rings. The van der Waals surface area contributed by atoms with E-state index in [0.29, 0.717) is 27.0 Å². The molecule has 2 rings (SSSR count). The van der Waals surface area contributed by atoms with Gasteiger partial charge in [0, 0.05) is 0 Å². The summed E-state index contributed by atoms with van der Waals surface area (Å²) in [5.74, 6) is -2.03. The fraction of sp³-hybridized carbons (Fsp3) is 0.500. The number of aromatic nitrogens is 1. The highest BCUT2D eigenvalue weighted by atomic mass is 32.1. The molecule has 1 unspecified atom stereocenters. The monoisotopic (exact) mass is 354 g/mol. The highest BCUT2D eigenvalue weighted by Crippen LogP contribution is 2.19. The molecule has 4 amide bonds. The SMILES string of the molecule is CCC1(C)NC(=O)N(NC(=O)COC(=O)c2sc(C)nc2C)C1=O. The van der Waals surface area contributed by atoms with Crippen LogP contribution in [0.1, 0.15) is 40.6 Å². The van der Waals surface area contributed by atoms with Gasteiger partial charge in [-0.2, -0.15) is 5.01 Å². The van der Waals surface area contributed by atoms with Gasteiger partial charge in [0.15, 0.2) is 6.61 Å².